The van der Waals surface area contributed by atoms with Crippen LogP contribution in [-0.4, -0.2) is 59.9 Å². The Morgan fingerprint density at radius 1 is 1.26 bits per heavy atom. The number of hydrogen-bond acceptors (Lipinski definition) is 5. The van der Waals surface area contributed by atoms with Gasteiger partial charge in [0, 0.05) is 25.9 Å². The summed E-state index contributed by atoms with van der Waals surface area (Å²) < 4.78 is 5.04. The molecule has 2 amide bonds. The van der Waals surface area contributed by atoms with Gasteiger partial charge in [-0.1, -0.05) is 0 Å². The van der Waals surface area contributed by atoms with E-state index in [1.165, 1.54) is 4.90 Å². The van der Waals surface area contributed by atoms with Crippen LogP contribution >= 0.6 is 0 Å². The van der Waals surface area contributed by atoms with Crippen molar-refractivity contribution >= 4 is 17.8 Å². The molecule has 2 saturated heterocycles. The summed E-state index contributed by atoms with van der Waals surface area (Å²) in [7, 11) is 0. The van der Waals surface area contributed by atoms with Gasteiger partial charge in [-0.15, -0.1) is 0 Å². The number of carbonyl (C=O) groups excluding carboxylic acids is 3. The number of hydrogen-bond donors (Lipinski definition) is 0. The van der Waals surface area contributed by atoms with Gasteiger partial charge in [-0.05, 0) is 26.3 Å². The molecule has 0 aromatic carbocycles. The van der Waals surface area contributed by atoms with Crippen LogP contribution in [-0.2, 0) is 19.1 Å². The summed E-state index contributed by atoms with van der Waals surface area (Å²) >= 11 is 0. The van der Waals surface area contributed by atoms with Gasteiger partial charge in [0.2, 0.25) is 11.8 Å². The highest BCUT2D eigenvalue weighted by molar-refractivity contribution is 6.01. The number of rotatable bonds is 5. The predicted molar refractivity (Wildman–Crippen MR) is 67.2 cm³/mol. The van der Waals surface area contributed by atoms with Gasteiger partial charge < -0.3 is 4.74 Å². The van der Waals surface area contributed by atoms with Crippen molar-refractivity contribution in [2.24, 2.45) is 0 Å². The zero-order chi connectivity index (χ0) is 13.8. The lowest BCUT2D eigenvalue weighted by Gasteiger charge is -2.24. The molecule has 2 aliphatic rings. The maximum atomic E-state index is 11.8. The lowest BCUT2D eigenvalue weighted by atomic mass is 10.2. The Bertz CT molecular complexity index is 367. The lowest BCUT2D eigenvalue weighted by molar-refractivity contribution is -0.148. The van der Waals surface area contributed by atoms with E-state index in [0.717, 1.165) is 19.4 Å². The molecule has 6 nitrogen and oxygen atoms in total. The monoisotopic (exact) mass is 268 g/mol. The van der Waals surface area contributed by atoms with E-state index in [2.05, 4.69) is 0 Å². The van der Waals surface area contributed by atoms with Gasteiger partial charge in [0.1, 0.15) is 6.04 Å². The molecule has 2 heterocycles. The van der Waals surface area contributed by atoms with Crippen molar-refractivity contribution in [2.45, 2.75) is 38.6 Å². The van der Waals surface area contributed by atoms with Gasteiger partial charge in [-0.3, -0.25) is 24.2 Å². The quantitative estimate of drug-likeness (QED) is 0.525. The van der Waals surface area contributed by atoms with E-state index >= 15 is 0 Å². The van der Waals surface area contributed by atoms with Crippen molar-refractivity contribution in [2.75, 3.05) is 26.2 Å². The number of amides is 2. The first-order chi connectivity index (χ1) is 9.13. The summed E-state index contributed by atoms with van der Waals surface area (Å²) in [6.07, 6.45) is 2.38. The second-order valence-electron chi connectivity index (χ2n) is 4.89. The molecule has 2 aliphatic heterocycles. The van der Waals surface area contributed by atoms with Crippen LogP contribution in [0.4, 0.5) is 0 Å². The smallest absolute Gasteiger partial charge is 0.323 e. The predicted octanol–water partition coefficient (Wildman–Crippen LogP) is 0.163. The molecule has 0 saturated carbocycles. The fourth-order valence-corrected chi connectivity index (χ4v) is 2.70. The van der Waals surface area contributed by atoms with E-state index < -0.39 is 0 Å². The highest BCUT2D eigenvalue weighted by Crippen LogP contribution is 2.19. The largest absolute Gasteiger partial charge is 0.465 e. The van der Waals surface area contributed by atoms with E-state index in [9.17, 15) is 14.4 Å². The van der Waals surface area contributed by atoms with E-state index in [4.69, 9.17) is 4.74 Å². The summed E-state index contributed by atoms with van der Waals surface area (Å²) in [6, 6.07) is -0.215. The minimum absolute atomic E-state index is 0.100. The Balaban J connectivity index is 1.86. The van der Waals surface area contributed by atoms with Gasteiger partial charge in [0.25, 0.3) is 0 Å². The van der Waals surface area contributed by atoms with Gasteiger partial charge in [-0.2, -0.15) is 0 Å². The van der Waals surface area contributed by atoms with Crippen molar-refractivity contribution in [3.63, 3.8) is 0 Å². The molecule has 106 valence electrons. The zero-order valence-corrected chi connectivity index (χ0v) is 11.3. The number of likely N-dealkylation sites (tertiary alicyclic amines) is 2. The number of imide groups is 1. The average molecular weight is 268 g/mol. The topological polar surface area (TPSA) is 66.9 Å². The van der Waals surface area contributed by atoms with E-state index in [1.807, 2.05) is 4.90 Å². The molecule has 6 heteroatoms. The molecular weight excluding hydrogens is 248 g/mol. The van der Waals surface area contributed by atoms with Gasteiger partial charge in [-0.25, -0.2) is 0 Å². The SMILES string of the molecule is CCOC(=O)C1CCCN1CCN1C(=O)CCC1=O. The molecule has 1 atom stereocenters. The number of ether oxygens (including phenoxy) is 1. The number of esters is 1. The molecule has 0 aliphatic carbocycles. The van der Waals surface area contributed by atoms with Crippen LogP contribution in [0.1, 0.15) is 32.6 Å². The summed E-state index contributed by atoms with van der Waals surface area (Å²) in [4.78, 5) is 38.1. The summed E-state index contributed by atoms with van der Waals surface area (Å²) in [5, 5.41) is 0. The molecule has 0 radical (unpaired) electrons. The molecule has 0 bridgehead atoms. The molecule has 2 rings (SSSR count). The summed E-state index contributed by atoms with van der Waals surface area (Å²) in [5.41, 5.74) is 0. The van der Waals surface area contributed by atoms with Crippen molar-refractivity contribution in [1.29, 1.82) is 0 Å². The third-order valence-corrected chi connectivity index (χ3v) is 3.69. The van der Waals surface area contributed by atoms with Crippen LogP contribution in [0.5, 0.6) is 0 Å². The summed E-state index contributed by atoms with van der Waals surface area (Å²) in [5.74, 6) is -0.396. The minimum atomic E-state index is -0.215. The molecule has 19 heavy (non-hydrogen) atoms. The van der Waals surface area contributed by atoms with Crippen molar-refractivity contribution in [1.82, 2.24) is 9.80 Å². The molecule has 1 unspecified atom stereocenters. The minimum Gasteiger partial charge on any atom is -0.465 e. The Hall–Kier alpha value is -1.43. The fraction of sp³-hybridized carbons (Fsp3) is 0.769. The second-order valence-corrected chi connectivity index (χ2v) is 4.89. The van der Waals surface area contributed by atoms with Gasteiger partial charge in [0.05, 0.1) is 6.61 Å². The Labute approximate surface area is 112 Å². The molecular formula is C13H20N2O4. The number of carbonyl (C=O) groups is 3. The maximum Gasteiger partial charge on any atom is 0.323 e. The summed E-state index contributed by atoms with van der Waals surface area (Å²) in [6.45, 7) is 3.93. The zero-order valence-electron chi connectivity index (χ0n) is 11.3. The Morgan fingerprint density at radius 3 is 2.58 bits per heavy atom. The molecule has 0 aromatic heterocycles. The van der Waals surface area contributed by atoms with Crippen LogP contribution in [0.2, 0.25) is 0 Å². The van der Waals surface area contributed by atoms with Crippen LogP contribution < -0.4 is 0 Å². The van der Waals surface area contributed by atoms with Gasteiger partial charge >= 0.3 is 5.97 Å². The molecule has 0 N–H and O–H groups in total. The highest BCUT2D eigenvalue weighted by atomic mass is 16.5. The lowest BCUT2D eigenvalue weighted by Crippen LogP contribution is -2.43. The second kappa shape index (κ2) is 6.14. The van der Waals surface area contributed by atoms with Crippen molar-refractivity contribution in [3.05, 3.63) is 0 Å². The fourth-order valence-electron chi connectivity index (χ4n) is 2.70. The average Bonchev–Trinajstić information content (AvgIpc) is 2.96. The highest BCUT2D eigenvalue weighted by Gasteiger charge is 2.34. The molecule has 0 spiro atoms. The first-order valence-electron chi connectivity index (χ1n) is 6.87. The normalized spacial score (nSPS) is 24.3. The van der Waals surface area contributed by atoms with Crippen LogP contribution in [0, 0.1) is 0 Å². The van der Waals surface area contributed by atoms with Crippen molar-refractivity contribution in [3.8, 4) is 0 Å². The van der Waals surface area contributed by atoms with E-state index in [-0.39, 0.29) is 23.8 Å². The third-order valence-electron chi connectivity index (χ3n) is 3.69. The standard InChI is InChI=1S/C13H20N2O4/c1-2-19-13(18)10-4-3-7-14(10)8-9-15-11(16)5-6-12(15)17/h10H,2-9H2,1H3. The number of nitrogens with zero attached hydrogens (tertiary/aromatic N) is 2. The van der Waals surface area contributed by atoms with Crippen LogP contribution in [0.25, 0.3) is 0 Å². The van der Waals surface area contributed by atoms with Gasteiger partial charge in [0.15, 0.2) is 0 Å². The Kier molecular flexibility index (Phi) is 4.52. The maximum absolute atomic E-state index is 11.8. The Morgan fingerprint density at radius 2 is 1.95 bits per heavy atom. The first-order valence-corrected chi connectivity index (χ1v) is 6.87. The van der Waals surface area contributed by atoms with Crippen LogP contribution in [0.3, 0.4) is 0 Å². The first kappa shape index (κ1) is 14.0. The molecule has 2 fully saturated rings. The van der Waals surface area contributed by atoms with E-state index in [1.54, 1.807) is 6.92 Å². The van der Waals surface area contributed by atoms with Crippen molar-refractivity contribution < 1.29 is 19.1 Å². The molecule has 0 aromatic rings. The van der Waals surface area contributed by atoms with Crippen LogP contribution in [0.15, 0.2) is 0 Å². The van der Waals surface area contributed by atoms with E-state index in [0.29, 0.717) is 32.5 Å². The third kappa shape index (κ3) is 3.12.